The van der Waals surface area contributed by atoms with Gasteiger partial charge in [-0.05, 0) is 12.5 Å². The van der Waals surface area contributed by atoms with Gasteiger partial charge in [-0.1, -0.05) is 0 Å². The maximum atomic E-state index is 13.4. The van der Waals surface area contributed by atoms with Crippen LogP contribution in [0.4, 0.5) is 0 Å². The number of carbonyl (C=O) groups excluding carboxylic acids is 2. The van der Waals surface area contributed by atoms with E-state index in [0.29, 0.717) is 44.9 Å². The molecule has 0 aromatic carbocycles. The Balaban J connectivity index is 1.66. The molecule has 2 aliphatic heterocycles. The molecule has 2 aliphatic rings. The van der Waals surface area contributed by atoms with E-state index in [-0.39, 0.29) is 17.7 Å². The van der Waals surface area contributed by atoms with E-state index in [1.54, 1.807) is 42.3 Å². The maximum Gasteiger partial charge on any atom is 0.272 e. The first-order valence-corrected chi connectivity index (χ1v) is 9.50. The number of amides is 2. The standard InChI is InChI=1S/C19H26N6O3/c1-22-11-15(20-13-22)14-10-25(17(26)16-4-6-21-23(16)2)12-19(14)5-7-24(18(19)27)8-9-28-3/h4,6,11,13-14H,5,7-10,12H2,1-3H3/t14-,19+/m0/s1. The fraction of sp³-hybridized carbons (Fsp3) is 0.579. The molecule has 0 unspecified atom stereocenters. The second-order valence-electron chi connectivity index (χ2n) is 7.73. The van der Waals surface area contributed by atoms with Gasteiger partial charge in [-0.2, -0.15) is 5.10 Å². The summed E-state index contributed by atoms with van der Waals surface area (Å²) in [4.78, 5) is 34.7. The summed E-state index contributed by atoms with van der Waals surface area (Å²) in [7, 11) is 5.30. The van der Waals surface area contributed by atoms with Crippen LogP contribution < -0.4 is 0 Å². The monoisotopic (exact) mass is 386 g/mol. The summed E-state index contributed by atoms with van der Waals surface area (Å²) in [5.74, 6) is -0.118. The van der Waals surface area contributed by atoms with E-state index < -0.39 is 5.41 Å². The fourth-order valence-electron chi connectivity index (χ4n) is 4.54. The van der Waals surface area contributed by atoms with Crippen LogP contribution in [-0.2, 0) is 23.6 Å². The number of methoxy groups -OCH3 is 1. The van der Waals surface area contributed by atoms with Crippen molar-refractivity contribution in [3.8, 4) is 0 Å². The van der Waals surface area contributed by atoms with Crippen LogP contribution in [0.1, 0.15) is 28.5 Å². The van der Waals surface area contributed by atoms with Gasteiger partial charge in [0.15, 0.2) is 0 Å². The topological polar surface area (TPSA) is 85.5 Å². The smallest absolute Gasteiger partial charge is 0.272 e. The fourth-order valence-corrected chi connectivity index (χ4v) is 4.54. The Morgan fingerprint density at radius 3 is 2.86 bits per heavy atom. The van der Waals surface area contributed by atoms with Crippen LogP contribution in [0.2, 0.25) is 0 Å². The Kier molecular flexibility index (Phi) is 4.70. The summed E-state index contributed by atoms with van der Waals surface area (Å²) in [6.45, 7) is 2.64. The second-order valence-corrected chi connectivity index (χ2v) is 7.73. The van der Waals surface area contributed by atoms with Crippen LogP contribution >= 0.6 is 0 Å². The molecule has 9 nitrogen and oxygen atoms in total. The van der Waals surface area contributed by atoms with Gasteiger partial charge < -0.3 is 19.1 Å². The van der Waals surface area contributed by atoms with E-state index in [0.717, 1.165) is 5.69 Å². The number of rotatable bonds is 5. The Hall–Kier alpha value is -2.68. The predicted molar refractivity (Wildman–Crippen MR) is 101 cm³/mol. The average molecular weight is 386 g/mol. The van der Waals surface area contributed by atoms with Crippen molar-refractivity contribution in [2.24, 2.45) is 19.5 Å². The number of hydrogen-bond donors (Lipinski definition) is 0. The van der Waals surface area contributed by atoms with Gasteiger partial charge in [0.25, 0.3) is 5.91 Å². The molecule has 2 saturated heterocycles. The number of likely N-dealkylation sites (tertiary alicyclic amines) is 2. The van der Waals surface area contributed by atoms with Crippen molar-refractivity contribution < 1.29 is 14.3 Å². The number of carbonyl (C=O) groups is 2. The Morgan fingerprint density at radius 2 is 2.21 bits per heavy atom. The van der Waals surface area contributed by atoms with Crippen LogP contribution in [-0.4, -0.2) is 80.8 Å². The van der Waals surface area contributed by atoms with E-state index in [9.17, 15) is 9.59 Å². The number of hydrogen-bond acceptors (Lipinski definition) is 5. The SMILES string of the molecule is COCCN1CC[C@]2(CN(C(=O)c3ccnn3C)C[C@H]2c2cn(C)cn2)C1=O. The first-order valence-electron chi connectivity index (χ1n) is 9.50. The number of aromatic nitrogens is 4. The van der Waals surface area contributed by atoms with Gasteiger partial charge in [-0.3, -0.25) is 14.3 Å². The highest BCUT2D eigenvalue weighted by Crippen LogP contribution is 2.49. The van der Waals surface area contributed by atoms with Crippen LogP contribution in [0.15, 0.2) is 24.8 Å². The number of aryl methyl sites for hydroxylation is 2. The van der Waals surface area contributed by atoms with Crippen molar-refractivity contribution in [1.82, 2.24) is 29.1 Å². The zero-order valence-electron chi connectivity index (χ0n) is 16.5. The molecule has 0 saturated carbocycles. The van der Waals surface area contributed by atoms with Crippen molar-refractivity contribution in [3.05, 3.63) is 36.2 Å². The van der Waals surface area contributed by atoms with Crippen molar-refractivity contribution in [3.63, 3.8) is 0 Å². The first-order chi connectivity index (χ1) is 13.5. The first kappa shape index (κ1) is 18.7. The van der Waals surface area contributed by atoms with Gasteiger partial charge in [0.1, 0.15) is 5.69 Å². The molecule has 2 atom stereocenters. The van der Waals surface area contributed by atoms with Gasteiger partial charge in [-0.25, -0.2) is 4.98 Å². The minimum absolute atomic E-state index is 0.0963. The molecule has 1 spiro atoms. The highest BCUT2D eigenvalue weighted by Gasteiger charge is 2.58. The summed E-state index contributed by atoms with van der Waals surface area (Å²) in [6.07, 6.45) is 6.03. The second kappa shape index (κ2) is 7.05. The van der Waals surface area contributed by atoms with E-state index in [1.807, 2.05) is 22.7 Å². The highest BCUT2D eigenvalue weighted by atomic mass is 16.5. The van der Waals surface area contributed by atoms with Gasteiger partial charge in [-0.15, -0.1) is 0 Å². The number of imidazole rings is 1. The van der Waals surface area contributed by atoms with Crippen LogP contribution in [0, 0.1) is 5.41 Å². The third-order valence-corrected chi connectivity index (χ3v) is 6.06. The molecule has 2 aromatic heterocycles. The Bertz CT molecular complexity index is 890. The molecule has 2 aromatic rings. The molecule has 28 heavy (non-hydrogen) atoms. The number of ether oxygens (including phenoxy) is 1. The molecule has 0 bridgehead atoms. The molecule has 4 heterocycles. The van der Waals surface area contributed by atoms with Crippen LogP contribution in [0.3, 0.4) is 0 Å². The van der Waals surface area contributed by atoms with Crippen molar-refractivity contribution in [1.29, 1.82) is 0 Å². The lowest BCUT2D eigenvalue weighted by Gasteiger charge is -2.27. The summed E-state index contributed by atoms with van der Waals surface area (Å²) in [6, 6.07) is 1.71. The van der Waals surface area contributed by atoms with E-state index in [1.165, 1.54) is 0 Å². The molecule has 150 valence electrons. The van der Waals surface area contributed by atoms with Crippen molar-refractivity contribution in [2.75, 3.05) is 39.9 Å². The summed E-state index contributed by atoms with van der Waals surface area (Å²) >= 11 is 0. The predicted octanol–water partition coefficient (Wildman–Crippen LogP) is 0.258. The molecule has 2 amide bonds. The summed E-state index contributed by atoms with van der Waals surface area (Å²) < 4.78 is 8.62. The molecular formula is C19H26N6O3. The van der Waals surface area contributed by atoms with Crippen LogP contribution in [0.5, 0.6) is 0 Å². The molecule has 9 heteroatoms. The Morgan fingerprint density at radius 1 is 1.39 bits per heavy atom. The lowest BCUT2D eigenvalue weighted by Crippen LogP contribution is -2.41. The van der Waals surface area contributed by atoms with Crippen LogP contribution in [0.25, 0.3) is 0 Å². The van der Waals surface area contributed by atoms with Gasteiger partial charge in [0.05, 0.1) is 24.0 Å². The number of nitrogens with zero attached hydrogens (tertiary/aromatic N) is 6. The minimum Gasteiger partial charge on any atom is -0.383 e. The average Bonchev–Trinajstić information content (AvgIpc) is 3.43. The molecule has 0 N–H and O–H groups in total. The third kappa shape index (κ3) is 2.90. The summed E-state index contributed by atoms with van der Waals surface area (Å²) in [5.41, 5.74) is 0.763. The maximum absolute atomic E-state index is 13.4. The minimum atomic E-state index is -0.629. The van der Waals surface area contributed by atoms with Gasteiger partial charge >= 0.3 is 0 Å². The van der Waals surface area contributed by atoms with Gasteiger partial charge in [0, 0.05) is 65.7 Å². The zero-order chi connectivity index (χ0) is 19.9. The van der Waals surface area contributed by atoms with E-state index >= 15 is 0 Å². The van der Waals surface area contributed by atoms with E-state index in [4.69, 9.17) is 4.74 Å². The van der Waals surface area contributed by atoms with E-state index in [2.05, 4.69) is 10.1 Å². The highest BCUT2D eigenvalue weighted by molar-refractivity contribution is 5.95. The molecular weight excluding hydrogens is 360 g/mol. The van der Waals surface area contributed by atoms with Crippen molar-refractivity contribution >= 4 is 11.8 Å². The molecule has 4 rings (SSSR count). The Labute approximate surface area is 163 Å². The lowest BCUT2D eigenvalue weighted by molar-refractivity contribution is -0.136. The molecule has 0 radical (unpaired) electrons. The third-order valence-electron chi connectivity index (χ3n) is 6.06. The normalized spacial score (nSPS) is 24.7. The largest absolute Gasteiger partial charge is 0.383 e. The quantitative estimate of drug-likeness (QED) is 0.736. The molecule has 2 fully saturated rings. The van der Waals surface area contributed by atoms with Gasteiger partial charge in [0.2, 0.25) is 5.91 Å². The van der Waals surface area contributed by atoms with Crippen molar-refractivity contribution in [2.45, 2.75) is 12.3 Å². The lowest BCUT2D eigenvalue weighted by atomic mass is 9.75. The summed E-state index contributed by atoms with van der Waals surface area (Å²) in [5, 5.41) is 4.10. The zero-order valence-corrected chi connectivity index (χ0v) is 16.5. The molecule has 0 aliphatic carbocycles.